The van der Waals surface area contributed by atoms with Crippen molar-refractivity contribution in [2.45, 2.75) is 155 Å². The Bertz CT molecular complexity index is 3500. The lowest BCUT2D eigenvalue weighted by Crippen LogP contribution is -2.15. The number of para-hydroxylation sites is 3. The molecular formula is C74H85N3O13. The fourth-order valence-corrected chi connectivity index (χ4v) is 10.2. The maximum atomic E-state index is 12.8. The summed E-state index contributed by atoms with van der Waals surface area (Å²) in [5, 5.41) is 53.8. The largest absolute Gasteiger partial charge is 0.481 e. The zero-order chi connectivity index (χ0) is 65.3. The quantitative estimate of drug-likeness (QED) is 0.0182. The summed E-state index contributed by atoms with van der Waals surface area (Å²) in [6.45, 7) is 6.47. The lowest BCUT2D eigenvalue weighted by molar-refractivity contribution is -0.138. The smallest absolute Gasteiger partial charge is 0.335 e. The van der Waals surface area contributed by atoms with Gasteiger partial charge in [0.2, 0.25) is 11.8 Å². The number of aromatic carboxylic acids is 3. The molecule has 16 heteroatoms. The van der Waals surface area contributed by atoms with E-state index >= 15 is 0 Å². The maximum absolute atomic E-state index is 12.8. The highest BCUT2D eigenvalue weighted by molar-refractivity contribution is 6.04. The number of carboxylic acids is 5. The average molecular weight is 1220 g/mol. The van der Waals surface area contributed by atoms with Crippen LogP contribution >= 0.6 is 0 Å². The molecule has 0 heterocycles. The number of hydrogen-bond donors (Lipinski definition) is 8. The van der Waals surface area contributed by atoms with Crippen LogP contribution in [-0.4, -0.2) is 73.1 Å². The Morgan fingerprint density at radius 1 is 0.311 bits per heavy atom. The summed E-state index contributed by atoms with van der Waals surface area (Å²) >= 11 is 0. The standard InChI is InChI=1S/C29H33NO3.C23H27NO5.C22H25NO5/c1-29(2,3)24-19-17-23(18-20-24)27(31)30-26-16-10-8-14-22(26)13-6-4-5-11-21-12-7-9-15-25(21)28(32)33;25-21(15-8-16-22(26)27)24-20-14-7-5-12-18(20)11-3-1-2-9-17-10-4-6-13-19(17)23(28)29;24-20(14-15-21(25)26)23-19-13-7-5-11-17(19)10-3-1-2-8-16-9-4-6-12-18(16)22(27)28/h7-10,12,14-20H,4-6,11,13H2,1-3H3,(H,30,31)(H,32,33);4-7,10,12-14H,1-3,8-9,11,15-16H2,(H,24,25)(H,26,27)(H,28,29);4-7,9,11-13H,1-3,8,10,14-15H2,(H,23,24)(H,25,26)(H,27,28). The second-order valence-corrected chi connectivity index (χ2v) is 23.1. The van der Waals surface area contributed by atoms with Crippen LogP contribution < -0.4 is 16.0 Å². The number of carbonyl (C=O) groups is 8. The number of anilines is 3. The van der Waals surface area contributed by atoms with Gasteiger partial charge in [-0.15, -0.1) is 0 Å². The van der Waals surface area contributed by atoms with Crippen molar-refractivity contribution < 1.29 is 63.9 Å². The Hall–Kier alpha value is -9.70. The predicted molar refractivity (Wildman–Crippen MR) is 352 cm³/mol. The van der Waals surface area contributed by atoms with Crippen molar-refractivity contribution >= 4 is 64.6 Å². The molecule has 0 fully saturated rings. The number of carboxylic acid groups (broad SMARTS) is 5. The van der Waals surface area contributed by atoms with Crippen molar-refractivity contribution in [2.75, 3.05) is 16.0 Å². The van der Waals surface area contributed by atoms with Crippen LogP contribution in [0.2, 0.25) is 0 Å². The van der Waals surface area contributed by atoms with Crippen LogP contribution in [0.25, 0.3) is 0 Å². The highest BCUT2D eigenvalue weighted by Gasteiger charge is 2.17. The minimum Gasteiger partial charge on any atom is -0.481 e. The summed E-state index contributed by atoms with van der Waals surface area (Å²) in [5.74, 6) is -5.14. The van der Waals surface area contributed by atoms with Gasteiger partial charge in [0.1, 0.15) is 0 Å². The fraction of sp³-hybridized carbons (Fsp3) is 0.324. The Kier molecular flexibility index (Phi) is 29.9. The minimum atomic E-state index is -0.993. The Balaban J connectivity index is 0.000000247. The van der Waals surface area contributed by atoms with Crippen LogP contribution in [0.15, 0.2) is 170 Å². The Morgan fingerprint density at radius 2 is 0.611 bits per heavy atom. The van der Waals surface area contributed by atoms with Gasteiger partial charge >= 0.3 is 29.8 Å². The van der Waals surface area contributed by atoms with E-state index in [9.17, 15) is 53.7 Å². The number of carbonyl (C=O) groups excluding carboxylic acids is 3. The number of aliphatic carboxylic acids is 2. The summed E-state index contributed by atoms with van der Waals surface area (Å²) in [6, 6.07) is 52.2. The first-order valence-corrected chi connectivity index (χ1v) is 30.8. The zero-order valence-corrected chi connectivity index (χ0v) is 51.8. The molecule has 0 atom stereocenters. The zero-order valence-electron chi connectivity index (χ0n) is 51.8. The van der Waals surface area contributed by atoms with Crippen LogP contribution in [0.4, 0.5) is 17.1 Å². The molecule has 474 valence electrons. The van der Waals surface area contributed by atoms with Crippen LogP contribution in [0.5, 0.6) is 0 Å². The van der Waals surface area contributed by atoms with E-state index in [1.165, 1.54) is 5.56 Å². The molecule has 0 aromatic heterocycles. The first-order chi connectivity index (χ1) is 43.2. The van der Waals surface area contributed by atoms with Crippen molar-refractivity contribution in [3.63, 3.8) is 0 Å². The molecule has 8 N–H and O–H groups in total. The number of unbranched alkanes of at least 4 members (excludes halogenated alkanes) is 6. The van der Waals surface area contributed by atoms with Crippen LogP contribution in [0, 0.1) is 0 Å². The third-order valence-electron chi connectivity index (χ3n) is 15.1. The molecule has 0 aliphatic heterocycles. The van der Waals surface area contributed by atoms with E-state index in [1.54, 1.807) is 36.4 Å². The van der Waals surface area contributed by atoms with Gasteiger partial charge in [0.25, 0.3) is 5.91 Å². The molecule has 0 aliphatic rings. The number of amides is 3. The summed E-state index contributed by atoms with van der Waals surface area (Å²) in [4.78, 5) is 91.6. The molecule has 0 radical (unpaired) electrons. The number of nitrogens with one attached hydrogen (secondary N) is 3. The van der Waals surface area contributed by atoms with Gasteiger partial charge in [0.05, 0.1) is 23.1 Å². The molecule has 90 heavy (non-hydrogen) atoms. The SMILES string of the molecule is CC(C)(C)c1ccc(C(=O)Nc2ccccc2CCCCCc2ccccc2C(=O)O)cc1.O=C(O)CCC(=O)Nc1ccccc1CCCCCc1ccccc1C(=O)O.O=C(O)CCCC(=O)Nc1ccccc1CCCCCc1ccccc1C(=O)O. The third kappa shape index (κ3) is 25.6. The van der Waals surface area contributed by atoms with Crippen LogP contribution in [0.1, 0.15) is 191 Å². The topological polar surface area (TPSA) is 274 Å². The van der Waals surface area contributed by atoms with E-state index in [-0.39, 0.29) is 48.8 Å². The second kappa shape index (κ2) is 37.9. The second-order valence-electron chi connectivity index (χ2n) is 23.1. The molecule has 0 unspecified atom stereocenters. The number of hydrogen-bond acceptors (Lipinski definition) is 8. The van der Waals surface area contributed by atoms with Gasteiger partial charge in [-0.25, -0.2) is 14.4 Å². The van der Waals surface area contributed by atoms with Gasteiger partial charge in [0, 0.05) is 41.9 Å². The molecule has 7 rings (SSSR count). The first-order valence-electron chi connectivity index (χ1n) is 30.8. The molecule has 3 amide bonds. The predicted octanol–water partition coefficient (Wildman–Crippen LogP) is 15.6. The van der Waals surface area contributed by atoms with E-state index in [0.717, 1.165) is 141 Å². The normalized spacial score (nSPS) is 10.7. The van der Waals surface area contributed by atoms with E-state index in [4.69, 9.17) is 10.2 Å². The van der Waals surface area contributed by atoms with E-state index in [0.29, 0.717) is 34.4 Å². The molecule has 0 spiro atoms. The molecule has 7 aromatic rings. The highest BCUT2D eigenvalue weighted by Crippen LogP contribution is 2.26. The van der Waals surface area contributed by atoms with Crippen LogP contribution in [-0.2, 0) is 63.1 Å². The van der Waals surface area contributed by atoms with Gasteiger partial charge < -0.3 is 41.5 Å². The average Bonchev–Trinajstić information content (AvgIpc) is 3.34. The fourth-order valence-electron chi connectivity index (χ4n) is 10.2. The maximum Gasteiger partial charge on any atom is 0.335 e. The van der Waals surface area contributed by atoms with Gasteiger partial charge in [-0.3, -0.25) is 24.0 Å². The van der Waals surface area contributed by atoms with E-state index in [2.05, 4.69) is 42.8 Å². The molecule has 0 saturated heterocycles. The van der Waals surface area contributed by atoms with Crippen molar-refractivity contribution in [1.29, 1.82) is 0 Å². The Labute approximate surface area is 527 Å². The van der Waals surface area contributed by atoms with Gasteiger partial charge in [0.15, 0.2) is 0 Å². The molecular weight excluding hydrogens is 1140 g/mol. The summed E-state index contributed by atoms with van der Waals surface area (Å²) in [5.41, 5.74) is 11.1. The highest BCUT2D eigenvalue weighted by atomic mass is 16.4. The number of aryl methyl sites for hydroxylation is 6. The lowest BCUT2D eigenvalue weighted by atomic mass is 9.86. The summed E-state index contributed by atoms with van der Waals surface area (Å²) < 4.78 is 0. The van der Waals surface area contributed by atoms with Gasteiger partial charge in [-0.05, 0) is 176 Å². The van der Waals surface area contributed by atoms with Gasteiger partial charge in [-0.2, -0.15) is 0 Å². The van der Waals surface area contributed by atoms with E-state index in [1.807, 2.05) is 127 Å². The molecule has 16 nitrogen and oxygen atoms in total. The number of benzene rings is 7. The van der Waals surface area contributed by atoms with Crippen LogP contribution in [0.3, 0.4) is 0 Å². The third-order valence-corrected chi connectivity index (χ3v) is 15.1. The monoisotopic (exact) mass is 1220 g/mol. The molecule has 7 aromatic carbocycles. The first kappa shape index (κ1) is 71.1. The van der Waals surface area contributed by atoms with Gasteiger partial charge in [-0.1, -0.05) is 161 Å². The summed E-state index contributed by atoms with van der Waals surface area (Å²) in [7, 11) is 0. The van der Waals surface area contributed by atoms with Crippen molar-refractivity contribution in [1.82, 2.24) is 0 Å². The van der Waals surface area contributed by atoms with Crippen molar-refractivity contribution in [2.24, 2.45) is 0 Å². The molecule has 0 saturated carbocycles. The summed E-state index contributed by atoms with van der Waals surface area (Å²) in [6.07, 6.45) is 13.3. The number of rotatable bonds is 32. The molecule has 0 aliphatic carbocycles. The Morgan fingerprint density at radius 3 is 0.944 bits per heavy atom. The van der Waals surface area contributed by atoms with E-state index < -0.39 is 29.8 Å². The van der Waals surface area contributed by atoms with Crippen molar-refractivity contribution in [3.05, 3.63) is 231 Å². The lowest BCUT2D eigenvalue weighted by Gasteiger charge is -2.19. The molecule has 0 bridgehead atoms. The van der Waals surface area contributed by atoms with Crippen molar-refractivity contribution in [3.8, 4) is 0 Å². The minimum absolute atomic E-state index is 0.0138.